The van der Waals surface area contributed by atoms with E-state index in [1.165, 1.54) is 0 Å². The third-order valence-corrected chi connectivity index (χ3v) is 2.08. The van der Waals surface area contributed by atoms with Gasteiger partial charge in [-0.1, -0.05) is 17.7 Å². The Hall–Kier alpha value is -1.33. The van der Waals surface area contributed by atoms with Crippen molar-refractivity contribution in [3.63, 3.8) is 0 Å². The van der Waals surface area contributed by atoms with E-state index in [4.69, 9.17) is 5.84 Å². The van der Waals surface area contributed by atoms with E-state index in [-0.39, 0.29) is 5.56 Å². The molecule has 0 radical (unpaired) electrons. The van der Waals surface area contributed by atoms with Gasteiger partial charge in [-0.05, 0) is 19.9 Å². The average molecular weight is 230 g/mol. The van der Waals surface area contributed by atoms with Crippen molar-refractivity contribution in [3.8, 4) is 0 Å². The standard InChI is InChI=1S/C11H13F3N2/c1-6(2)5-9(16-15)7-3-4-8(12)11(14)10(7)13/h3-5,9,16H,15H2,1-2H3. The summed E-state index contributed by atoms with van der Waals surface area (Å²) in [6.07, 6.45) is 1.62. The van der Waals surface area contributed by atoms with Gasteiger partial charge in [-0.25, -0.2) is 18.6 Å². The first kappa shape index (κ1) is 12.7. The zero-order valence-electron chi connectivity index (χ0n) is 9.02. The van der Waals surface area contributed by atoms with E-state index in [1.807, 2.05) is 0 Å². The second-order valence-corrected chi connectivity index (χ2v) is 3.65. The summed E-state index contributed by atoms with van der Waals surface area (Å²) in [6.45, 7) is 3.59. The number of hydrazine groups is 1. The highest BCUT2D eigenvalue weighted by Gasteiger charge is 2.18. The van der Waals surface area contributed by atoms with Crippen LogP contribution in [0.3, 0.4) is 0 Å². The molecule has 0 aliphatic rings. The van der Waals surface area contributed by atoms with Crippen molar-refractivity contribution in [1.29, 1.82) is 0 Å². The van der Waals surface area contributed by atoms with Gasteiger partial charge in [0.05, 0.1) is 6.04 Å². The summed E-state index contributed by atoms with van der Waals surface area (Å²) in [6, 6.07) is 1.36. The van der Waals surface area contributed by atoms with Gasteiger partial charge in [0.2, 0.25) is 0 Å². The van der Waals surface area contributed by atoms with Crippen molar-refractivity contribution in [3.05, 3.63) is 46.8 Å². The zero-order chi connectivity index (χ0) is 12.3. The van der Waals surface area contributed by atoms with Crippen LogP contribution in [0.2, 0.25) is 0 Å². The minimum atomic E-state index is -1.49. The molecular weight excluding hydrogens is 217 g/mol. The summed E-state index contributed by atoms with van der Waals surface area (Å²) >= 11 is 0. The fourth-order valence-corrected chi connectivity index (χ4v) is 1.34. The van der Waals surface area contributed by atoms with Crippen LogP contribution >= 0.6 is 0 Å². The van der Waals surface area contributed by atoms with E-state index >= 15 is 0 Å². The Morgan fingerprint density at radius 1 is 1.25 bits per heavy atom. The quantitative estimate of drug-likeness (QED) is 0.362. The largest absolute Gasteiger partial charge is 0.271 e. The third-order valence-electron chi connectivity index (χ3n) is 2.08. The molecule has 88 valence electrons. The van der Waals surface area contributed by atoms with Gasteiger partial charge in [0.25, 0.3) is 0 Å². The molecule has 16 heavy (non-hydrogen) atoms. The van der Waals surface area contributed by atoms with Gasteiger partial charge in [0, 0.05) is 5.56 Å². The first-order chi connectivity index (χ1) is 7.47. The molecule has 0 saturated heterocycles. The van der Waals surface area contributed by atoms with E-state index in [2.05, 4.69) is 5.43 Å². The predicted molar refractivity (Wildman–Crippen MR) is 55.8 cm³/mol. The molecule has 1 unspecified atom stereocenters. The average Bonchev–Trinajstić information content (AvgIpc) is 2.23. The molecule has 2 nitrogen and oxygen atoms in total. The summed E-state index contributed by atoms with van der Waals surface area (Å²) in [4.78, 5) is 0. The molecule has 0 spiro atoms. The maximum atomic E-state index is 13.4. The van der Waals surface area contributed by atoms with Gasteiger partial charge < -0.3 is 0 Å². The fourth-order valence-electron chi connectivity index (χ4n) is 1.34. The van der Waals surface area contributed by atoms with Crippen LogP contribution in [0, 0.1) is 17.5 Å². The monoisotopic (exact) mass is 230 g/mol. The van der Waals surface area contributed by atoms with Gasteiger partial charge in [0.1, 0.15) is 0 Å². The van der Waals surface area contributed by atoms with Gasteiger partial charge in [-0.3, -0.25) is 5.84 Å². The number of allylic oxidation sites excluding steroid dienone is 1. The molecule has 1 rings (SSSR count). The third kappa shape index (κ3) is 2.62. The molecule has 1 aromatic carbocycles. The molecule has 0 aliphatic carbocycles. The highest BCUT2D eigenvalue weighted by Crippen LogP contribution is 2.22. The number of nitrogens with one attached hydrogen (secondary N) is 1. The SMILES string of the molecule is CC(C)=CC(NN)c1ccc(F)c(F)c1F. The molecule has 0 heterocycles. The number of hydrogen-bond donors (Lipinski definition) is 2. The Morgan fingerprint density at radius 2 is 1.88 bits per heavy atom. The Morgan fingerprint density at radius 3 is 2.38 bits per heavy atom. The van der Waals surface area contributed by atoms with E-state index in [9.17, 15) is 13.2 Å². The molecular formula is C11H13F3N2. The Kier molecular flexibility index (Phi) is 4.09. The minimum absolute atomic E-state index is 0.0254. The number of nitrogens with two attached hydrogens (primary N) is 1. The predicted octanol–water partition coefficient (Wildman–Crippen LogP) is 2.57. The van der Waals surface area contributed by atoms with Gasteiger partial charge in [-0.15, -0.1) is 0 Å². The normalized spacial score (nSPS) is 12.4. The van der Waals surface area contributed by atoms with Crippen LogP contribution in [-0.2, 0) is 0 Å². The fraction of sp³-hybridized carbons (Fsp3) is 0.273. The minimum Gasteiger partial charge on any atom is -0.271 e. The summed E-state index contributed by atoms with van der Waals surface area (Å²) in [5.41, 5.74) is 3.19. The lowest BCUT2D eigenvalue weighted by molar-refractivity contribution is 0.434. The number of hydrogen-bond acceptors (Lipinski definition) is 2. The van der Waals surface area contributed by atoms with Crippen molar-refractivity contribution < 1.29 is 13.2 Å². The van der Waals surface area contributed by atoms with E-state index in [0.717, 1.165) is 17.7 Å². The molecule has 3 N–H and O–H groups in total. The molecule has 1 atom stereocenters. The molecule has 0 fully saturated rings. The van der Waals surface area contributed by atoms with Crippen molar-refractivity contribution >= 4 is 0 Å². The molecule has 5 heteroatoms. The Labute approximate surface area is 91.9 Å². The van der Waals surface area contributed by atoms with Gasteiger partial charge >= 0.3 is 0 Å². The lowest BCUT2D eigenvalue weighted by Crippen LogP contribution is -2.27. The van der Waals surface area contributed by atoms with E-state index in [0.29, 0.717) is 0 Å². The van der Waals surface area contributed by atoms with E-state index < -0.39 is 23.5 Å². The van der Waals surface area contributed by atoms with Crippen LogP contribution in [0.5, 0.6) is 0 Å². The Bertz CT molecular complexity index is 412. The smallest absolute Gasteiger partial charge is 0.194 e. The van der Waals surface area contributed by atoms with Crippen molar-refractivity contribution in [2.75, 3.05) is 0 Å². The van der Waals surface area contributed by atoms with Crippen LogP contribution in [0.4, 0.5) is 13.2 Å². The highest BCUT2D eigenvalue weighted by atomic mass is 19.2. The maximum absolute atomic E-state index is 13.4. The second kappa shape index (κ2) is 5.14. The zero-order valence-corrected chi connectivity index (χ0v) is 9.02. The van der Waals surface area contributed by atoms with Gasteiger partial charge in [-0.2, -0.15) is 0 Å². The van der Waals surface area contributed by atoms with E-state index in [1.54, 1.807) is 19.9 Å². The number of rotatable bonds is 3. The number of benzene rings is 1. The molecule has 0 saturated carbocycles. The maximum Gasteiger partial charge on any atom is 0.194 e. The lowest BCUT2D eigenvalue weighted by Gasteiger charge is -2.14. The van der Waals surface area contributed by atoms with Crippen LogP contribution in [0.1, 0.15) is 25.5 Å². The topological polar surface area (TPSA) is 38.0 Å². The van der Waals surface area contributed by atoms with Crippen LogP contribution in [0.25, 0.3) is 0 Å². The van der Waals surface area contributed by atoms with Crippen LogP contribution < -0.4 is 11.3 Å². The van der Waals surface area contributed by atoms with Crippen LogP contribution in [-0.4, -0.2) is 0 Å². The van der Waals surface area contributed by atoms with Crippen molar-refractivity contribution in [2.24, 2.45) is 5.84 Å². The van der Waals surface area contributed by atoms with Crippen molar-refractivity contribution in [1.82, 2.24) is 5.43 Å². The second-order valence-electron chi connectivity index (χ2n) is 3.65. The molecule has 0 amide bonds. The highest BCUT2D eigenvalue weighted by molar-refractivity contribution is 5.27. The summed E-state index contributed by atoms with van der Waals surface area (Å²) in [7, 11) is 0. The summed E-state index contributed by atoms with van der Waals surface area (Å²) in [5, 5.41) is 0. The lowest BCUT2D eigenvalue weighted by atomic mass is 10.0. The summed E-state index contributed by atoms with van der Waals surface area (Å²) < 4.78 is 39.1. The van der Waals surface area contributed by atoms with Gasteiger partial charge in [0.15, 0.2) is 17.5 Å². The molecule has 0 bridgehead atoms. The Balaban J connectivity index is 3.21. The molecule has 0 aromatic heterocycles. The van der Waals surface area contributed by atoms with Crippen molar-refractivity contribution in [2.45, 2.75) is 19.9 Å². The molecule has 0 aliphatic heterocycles. The van der Waals surface area contributed by atoms with Crippen LogP contribution in [0.15, 0.2) is 23.8 Å². The first-order valence-corrected chi connectivity index (χ1v) is 4.72. The summed E-state index contributed by atoms with van der Waals surface area (Å²) in [5.74, 6) is 1.31. The molecule has 1 aromatic rings. The first-order valence-electron chi connectivity index (χ1n) is 4.72. The number of halogens is 3.